The fourth-order valence-corrected chi connectivity index (χ4v) is 3.24. The molecule has 0 saturated carbocycles. The van der Waals surface area contributed by atoms with Crippen LogP contribution in [0.25, 0.3) is 0 Å². The van der Waals surface area contributed by atoms with E-state index in [1.54, 1.807) is 35.4 Å². The fraction of sp³-hybridized carbons (Fsp3) is 0.556. The van der Waals surface area contributed by atoms with Crippen molar-refractivity contribution in [2.24, 2.45) is 0 Å². The first-order chi connectivity index (χ1) is 11.7. The molecule has 1 heterocycles. The molecule has 2 rings (SSSR count). The van der Waals surface area contributed by atoms with Crippen LogP contribution in [0, 0.1) is 0 Å². The van der Waals surface area contributed by atoms with Crippen LogP contribution >= 0.6 is 0 Å². The summed E-state index contributed by atoms with van der Waals surface area (Å²) in [5.74, 6) is -0.0795. The van der Waals surface area contributed by atoms with Crippen LogP contribution in [0.5, 0.6) is 0 Å². The van der Waals surface area contributed by atoms with Gasteiger partial charge in [0.05, 0.1) is 0 Å². The highest BCUT2D eigenvalue weighted by molar-refractivity contribution is 7.84. The third kappa shape index (κ3) is 5.85. The SMILES string of the molecule is CS(=O)c1ccc(C(=O)N2CCCC(NC(=O)OC(C)(C)C)C2)cc1. The fourth-order valence-electron chi connectivity index (χ4n) is 2.73. The zero-order chi connectivity index (χ0) is 18.6. The van der Waals surface area contributed by atoms with Crippen LogP contribution in [0.1, 0.15) is 44.0 Å². The predicted molar refractivity (Wildman–Crippen MR) is 97.1 cm³/mol. The molecule has 1 aromatic rings. The highest BCUT2D eigenvalue weighted by Crippen LogP contribution is 2.16. The minimum Gasteiger partial charge on any atom is -0.444 e. The molecular weight excluding hydrogens is 340 g/mol. The highest BCUT2D eigenvalue weighted by atomic mass is 32.2. The topological polar surface area (TPSA) is 75.7 Å². The molecule has 1 aliphatic heterocycles. The van der Waals surface area contributed by atoms with Crippen LogP contribution < -0.4 is 5.32 Å². The summed E-state index contributed by atoms with van der Waals surface area (Å²) >= 11 is 0. The molecule has 1 fully saturated rings. The Balaban J connectivity index is 1.96. The van der Waals surface area contributed by atoms with Crippen molar-refractivity contribution in [1.82, 2.24) is 10.2 Å². The number of amides is 2. The number of nitrogens with zero attached hydrogens (tertiary/aromatic N) is 1. The largest absolute Gasteiger partial charge is 0.444 e. The van der Waals surface area contributed by atoms with Gasteiger partial charge in [0.25, 0.3) is 5.91 Å². The summed E-state index contributed by atoms with van der Waals surface area (Å²) in [6.45, 7) is 6.56. The van der Waals surface area contributed by atoms with Crippen molar-refractivity contribution < 1.29 is 18.5 Å². The summed E-state index contributed by atoms with van der Waals surface area (Å²) in [4.78, 5) is 27.0. The number of likely N-dealkylation sites (tertiary alicyclic amines) is 1. The highest BCUT2D eigenvalue weighted by Gasteiger charge is 2.27. The minimum absolute atomic E-state index is 0.0795. The van der Waals surface area contributed by atoms with Crippen molar-refractivity contribution in [3.05, 3.63) is 29.8 Å². The van der Waals surface area contributed by atoms with Crippen molar-refractivity contribution in [1.29, 1.82) is 0 Å². The molecule has 138 valence electrons. The van der Waals surface area contributed by atoms with Crippen LogP contribution in [0.15, 0.2) is 29.2 Å². The number of hydrogen-bond donors (Lipinski definition) is 1. The number of rotatable bonds is 3. The molecule has 1 aliphatic rings. The Labute approximate surface area is 151 Å². The van der Waals surface area contributed by atoms with Crippen molar-refractivity contribution >= 4 is 22.8 Å². The van der Waals surface area contributed by atoms with Crippen molar-refractivity contribution in [3.8, 4) is 0 Å². The number of piperidine rings is 1. The van der Waals surface area contributed by atoms with E-state index in [1.807, 2.05) is 20.8 Å². The van der Waals surface area contributed by atoms with E-state index in [0.717, 1.165) is 12.8 Å². The minimum atomic E-state index is -1.06. The van der Waals surface area contributed by atoms with E-state index < -0.39 is 22.5 Å². The van der Waals surface area contributed by atoms with E-state index in [1.165, 1.54) is 0 Å². The molecule has 0 radical (unpaired) electrons. The Kier molecular flexibility index (Phi) is 6.21. The number of carbonyl (C=O) groups is 2. The van der Waals surface area contributed by atoms with Crippen LogP contribution in [0.2, 0.25) is 0 Å². The smallest absolute Gasteiger partial charge is 0.407 e. The van der Waals surface area contributed by atoms with E-state index in [9.17, 15) is 13.8 Å². The molecule has 1 saturated heterocycles. The second-order valence-corrected chi connectivity index (χ2v) is 8.59. The quantitative estimate of drug-likeness (QED) is 0.892. The maximum absolute atomic E-state index is 12.6. The number of hydrogen-bond acceptors (Lipinski definition) is 4. The average molecular weight is 366 g/mol. The van der Waals surface area contributed by atoms with Gasteiger partial charge in [-0.3, -0.25) is 9.00 Å². The summed E-state index contributed by atoms with van der Waals surface area (Å²) in [5, 5.41) is 2.84. The molecule has 0 spiro atoms. The van der Waals surface area contributed by atoms with Crippen LogP contribution in [0.3, 0.4) is 0 Å². The number of benzene rings is 1. The van der Waals surface area contributed by atoms with Gasteiger partial charge < -0.3 is 15.0 Å². The zero-order valence-corrected chi connectivity index (χ0v) is 16.0. The summed E-state index contributed by atoms with van der Waals surface area (Å²) in [7, 11) is -1.06. The maximum atomic E-state index is 12.6. The van der Waals surface area contributed by atoms with Crippen LogP contribution in [0.4, 0.5) is 4.79 Å². The van der Waals surface area contributed by atoms with E-state index in [2.05, 4.69) is 5.32 Å². The Morgan fingerprint density at radius 3 is 2.44 bits per heavy atom. The molecule has 0 aromatic heterocycles. The number of alkyl carbamates (subject to hydrolysis) is 1. The van der Waals surface area contributed by atoms with Gasteiger partial charge >= 0.3 is 6.09 Å². The van der Waals surface area contributed by atoms with Gasteiger partial charge in [0.1, 0.15) is 5.60 Å². The van der Waals surface area contributed by atoms with Crippen LogP contribution in [-0.2, 0) is 15.5 Å². The molecule has 2 amide bonds. The van der Waals surface area contributed by atoms with Crippen molar-refractivity contribution in [2.45, 2.75) is 50.2 Å². The van der Waals surface area contributed by atoms with Gasteiger partial charge in [0, 0.05) is 46.6 Å². The Hall–Kier alpha value is -1.89. The maximum Gasteiger partial charge on any atom is 0.407 e. The lowest BCUT2D eigenvalue weighted by Crippen LogP contribution is -2.50. The lowest BCUT2D eigenvalue weighted by molar-refractivity contribution is 0.0452. The molecular formula is C18H26N2O4S. The van der Waals surface area contributed by atoms with Gasteiger partial charge in [0.2, 0.25) is 0 Å². The Morgan fingerprint density at radius 1 is 1.24 bits per heavy atom. The Morgan fingerprint density at radius 2 is 1.88 bits per heavy atom. The average Bonchev–Trinajstić information content (AvgIpc) is 2.52. The lowest BCUT2D eigenvalue weighted by Gasteiger charge is -2.33. The van der Waals surface area contributed by atoms with Crippen molar-refractivity contribution in [2.75, 3.05) is 19.3 Å². The summed E-state index contributed by atoms with van der Waals surface area (Å²) in [5.41, 5.74) is 0.0159. The molecule has 7 heteroatoms. The third-order valence-corrected chi connectivity index (χ3v) is 4.80. The van der Waals surface area contributed by atoms with E-state index in [-0.39, 0.29) is 11.9 Å². The monoisotopic (exact) mass is 366 g/mol. The molecule has 2 atom stereocenters. The normalized spacial score (nSPS) is 19.2. The van der Waals surface area contributed by atoms with Crippen molar-refractivity contribution in [3.63, 3.8) is 0 Å². The van der Waals surface area contributed by atoms with E-state index in [0.29, 0.717) is 23.5 Å². The van der Waals surface area contributed by atoms with Gasteiger partial charge in [-0.1, -0.05) is 0 Å². The lowest BCUT2D eigenvalue weighted by atomic mass is 10.0. The summed E-state index contributed by atoms with van der Waals surface area (Å²) in [6.07, 6.45) is 2.79. The van der Waals surface area contributed by atoms with Gasteiger partial charge in [-0.25, -0.2) is 4.79 Å². The molecule has 25 heavy (non-hydrogen) atoms. The van der Waals surface area contributed by atoms with Gasteiger partial charge in [-0.2, -0.15) is 0 Å². The third-order valence-electron chi connectivity index (χ3n) is 3.86. The van der Waals surface area contributed by atoms with Crippen LogP contribution in [-0.4, -0.2) is 52.1 Å². The molecule has 1 N–H and O–H groups in total. The molecule has 0 aliphatic carbocycles. The summed E-state index contributed by atoms with van der Waals surface area (Å²) in [6, 6.07) is 6.71. The number of nitrogens with one attached hydrogen (secondary N) is 1. The Bertz CT molecular complexity index is 652. The van der Waals surface area contributed by atoms with Gasteiger partial charge in [0.15, 0.2) is 0 Å². The first-order valence-electron chi connectivity index (χ1n) is 8.38. The first-order valence-corrected chi connectivity index (χ1v) is 9.94. The number of ether oxygens (including phenoxy) is 1. The molecule has 1 aromatic carbocycles. The van der Waals surface area contributed by atoms with E-state index in [4.69, 9.17) is 4.74 Å². The number of carbonyl (C=O) groups excluding carboxylic acids is 2. The van der Waals surface area contributed by atoms with Gasteiger partial charge in [-0.15, -0.1) is 0 Å². The zero-order valence-electron chi connectivity index (χ0n) is 15.2. The summed E-state index contributed by atoms with van der Waals surface area (Å²) < 4.78 is 16.7. The molecule has 0 bridgehead atoms. The standard InChI is InChI=1S/C18H26N2O4S/c1-18(2,3)24-17(22)19-14-6-5-11-20(12-14)16(21)13-7-9-15(10-8-13)25(4)23/h7-10,14H,5-6,11-12H2,1-4H3,(H,19,22). The second-order valence-electron chi connectivity index (χ2n) is 7.22. The molecule has 2 unspecified atom stereocenters. The van der Waals surface area contributed by atoms with Gasteiger partial charge in [-0.05, 0) is 57.9 Å². The molecule has 6 nitrogen and oxygen atoms in total. The predicted octanol–water partition coefficient (Wildman–Crippen LogP) is 2.55. The van der Waals surface area contributed by atoms with E-state index >= 15 is 0 Å². The second kappa shape index (κ2) is 7.99. The first kappa shape index (κ1) is 19.4.